The first-order valence-electron chi connectivity index (χ1n) is 4.33. The van der Waals surface area contributed by atoms with E-state index >= 15 is 0 Å². The van der Waals surface area contributed by atoms with Gasteiger partial charge in [0.25, 0.3) is 0 Å². The molecule has 6 heteroatoms. The summed E-state index contributed by atoms with van der Waals surface area (Å²) in [5, 5.41) is 47.0. The van der Waals surface area contributed by atoms with E-state index in [0.29, 0.717) is 0 Å². The van der Waals surface area contributed by atoms with Crippen LogP contribution in [0.4, 0.5) is 0 Å². The van der Waals surface area contributed by atoms with E-state index in [1.165, 1.54) is 0 Å². The molecule has 0 aromatic carbocycles. The third-order valence-electron chi connectivity index (χ3n) is 2.78. The summed E-state index contributed by atoms with van der Waals surface area (Å²) in [5.74, 6) is -2.01. The fourth-order valence-electron chi connectivity index (χ4n) is 1.44. The average molecular weight is 208 g/mol. The lowest BCUT2D eigenvalue weighted by molar-refractivity contribution is -0.376. The van der Waals surface area contributed by atoms with Crippen LogP contribution in [-0.2, 0) is 4.74 Å². The molecule has 84 valence electrons. The van der Waals surface area contributed by atoms with E-state index in [1.54, 1.807) is 0 Å². The van der Waals surface area contributed by atoms with Crippen molar-refractivity contribution in [1.82, 2.24) is 0 Å². The maximum Gasteiger partial charge on any atom is 0.194 e. The van der Waals surface area contributed by atoms with E-state index in [1.807, 2.05) is 0 Å². The van der Waals surface area contributed by atoms with Crippen molar-refractivity contribution < 1.29 is 30.3 Å². The molecule has 14 heavy (non-hydrogen) atoms. The number of aliphatic hydroxyl groups is 5. The highest BCUT2D eigenvalue weighted by atomic mass is 16.7. The third kappa shape index (κ3) is 1.54. The molecule has 1 aliphatic rings. The fraction of sp³-hybridized carbons (Fsp3) is 1.00. The van der Waals surface area contributed by atoms with E-state index < -0.39 is 36.3 Å². The molecular weight excluding hydrogens is 192 g/mol. The Bertz CT molecular complexity index is 214. The molecule has 0 saturated carbocycles. The summed E-state index contributed by atoms with van der Waals surface area (Å²) in [6, 6.07) is 0. The van der Waals surface area contributed by atoms with Crippen LogP contribution in [0.25, 0.3) is 0 Å². The first-order chi connectivity index (χ1) is 6.24. The molecule has 6 nitrogen and oxygen atoms in total. The summed E-state index contributed by atoms with van der Waals surface area (Å²) in [6.45, 7) is 1.75. The van der Waals surface area contributed by atoms with Crippen LogP contribution in [0.1, 0.15) is 13.8 Å². The van der Waals surface area contributed by atoms with Crippen LogP contribution in [0.15, 0.2) is 0 Å². The van der Waals surface area contributed by atoms with Crippen molar-refractivity contribution in [2.75, 3.05) is 6.61 Å². The molecule has 0 aromatic rings. The van der Waals surface area contributed by atoms with Crippen LogP contribution in [0.5, 0.6) is 0 Å². The summed E-state index contributed by atoms with van der Waals surface area (Å²) < 4.78 is 4.87. The average Bonchev–Trinajstić information content (AvgIpc) is 2.09. The van der Waals surface area contributed by atoms with Crippen molar-refractivity contribution in [2.24, 2.45) is 0 Å². The lowest BCUT2D eigenvalue weighted by atomic mass is 9.82. The van der Waals surface area contributed by atoms with Crippen LogP contribution in [-0.4, -0.2) is 61.8 Å². The normalized spacial score (nSPS) is 54.6. The Morgan fingerprint density at radius 3 is 2.14 bits per heavy atom. The molecule has 1 rings (SSSR count). The van der Waals surface area contributed by atoms with Crippen LogP contribution < -0.4 is 0 Å². The molecule has 5 N–H and O–H groups in total. The maximum absolute atomic E-state index is 9.69. The highest BCUT2D eigenvalue weighted by Crippen LogP contribution is 2.35. The Morgan fingerprint density at radius 1 is 1.21 bits per heavy atom. The van der Waals surface area contributed by atoms with E-state index in [9.17, 15) is 20.4 Å². The van der Waals surface area contributed by atoms with Gasteiger partial charge in [0.2, 0.25) is 0 Å². The van der Waals surface area contributed by atoms with Crippen LogP contribution in [0.3, 0.4) is 0 Å². The zero-order valence-corrected chi connectivity index (χ0v) is 8.08. The molecular formula is C8H16O6. The fourth-order valence-corrected chi connectivity index (χ4v) is 1.44. The number of hydrogen-bond acceptors (Lipinski definition) is 6. The second-order valence-electron chi connectivity index (χ2n) is 3.90. The van der Waals surface area contributed by atoms with Crippen LogP contribution in [0, 0.1) is 0 Å². The summed E-state index contributed by atoms with van der Waals surface area (Å²) in [5.41, 5.74) is -1.99. The third-order valence-corrected chi connectivity index (χ3v) is 2.78. The van der Waals surface area contributed by atoms with Gasteiger partial charge < -0.3 is 30.3 Å². The van der Waals surface area contributed by atoms with Gasteiger partial charge in [0, 0.05) is 0 Å². The smallest absolute Gasteiger partial charge is 0.194 e. The number of ether oxygens (including phenoxy) is 1. The Balaban J connectivity index is 2.95. The summed E-state index contributed by atoms with van der Waals surface area (Å²) in [4.78, 5) is 0. The van der Waals surface area contributed by atoms with Gasteiger partial charge in [0.1, 0.15) is 23.9 Å². The Labute approximate surface area is 81.4 Å². The molecule has 1 fully saturated rings. The molecule has 0 bridgehead atoms. The van der Waals surface area contributed by atoms with E-state index in [0.717, 1.165) is 13.8 Å². The van der Waals surface area contributed by atoms with Crippen molar-refractivity contribution in [3.05, 3.63) is 0 Å². The van der Waals surface area contributed by atoms with Gasteiger partial charge in [-0.15, -0.1) is 0 Å². The molecule has 0 radical (unpaired) electrons. The van der Waals surface area contributed by atoms with Gasteiger partial charge in [-0.05, 0) is 13.8 Å². The van der Waals surface area contributed by atoms with Crippen molar-refractivity contribution in [2.45, 2.75) is 43.5 Å². The van der Waals surface area contributed by atoms with Crippen molar-refractivity contribution in [3.8, 4) is 0 Å². The van der Waals surface area contributed by atoms with Gasteiger partial charge in [0.05, 0.1) is 6.61 Å². The minimum atomic E-state index is -2.01. The van der Waals surface area contributed by atoms with E-state index in [4.69, 9.17) is 9.84 Å². The molecule has 1 aliphatic heterocycles. The minimum Gasteiger partial charge on any atom is -0.394 e. The lowest BCUT2D eigenvalue weighted by Crippen LogP contribution is -2.70. The predicted octanol–water partition coefficient (Wildman–Crippen LogP) is -2.44. The number of aliphatic hydroxyl groups excluding tert-OH is 3. The van der Waals surface area contributed by atoms with Crippen molar-refractivity contribution in [3.63, 3.8) is 0 Å². The summed E-state index contributed by atoms with van der Waals surface area (Å²) >= 11 is 0. The monoisotopic (exact) mass is 208 g/mol. The molecule has 0 aliphatic carbocycles. The molecule has 1 saturated heterocycles. The number of rotatable bonds is 1. The van der Waals surface area contributed by atoms with Gasteiger partial charge in [0.15, 0.2) is 5.79 Å². The van der Waals surface area contributed by atoms with Gasteiger partial charge in [-0.3, -0.25) is 0 Å². The minimum absolute atomic E-state index is 0.551. The van der Waals surface area contributed by atoms with Gasteiger partial charge >= 0.3 is 0 Å². The maximum atomic E-state index is 9.69. The largest absolute Gasteiger partial charge is 0.394 e. The molecule has 0 amide bonds. The van der Waals surface area contributed by atoms with Gasteiger partial charge in [-0.25, -0.2) is 0 Å². The molecule has 0 spiro atoms. The first-order valence-corrected chi connectivity index (χ1v) is 4.33. The molecule has 5 atom stereocenters. The lowest BCUT2D eigenvalue weighted by Gasteiger charge is -2.49. The molecule has 0 aromatic heterocycles. The summed E-state index contributed by atoms with van der Waals surface area (Å²) in [6.07, 6.45) is -4.13. The molecule has 1 unspecified atom stereocenters. The second-order valence-corrected chi connectivity index (χ2v) is 3.90. The van der Waals surface area contributed by atoms with Crippen LogP contribution >= 0.6 is 0 Å². The summed E-state index contributed by atoms with van der Waals surface area (Å²) in [7, 11) is 0. The zero-order valence-electron chi connectivity index (χ0n) is 8.08. The topological polar surface area (TPSA) is 110 Å². The van der Waals surface area contributed by atoms with Crippen molar-refractivity contribution >= 4 is 0 Å². The molecule has 1 heterocycles. The highest BCUT2D eigenvalue weighted by molar-refractivity contribution is 5.02. The zero-order chi connectivity index (χ0) is 11.1. The quantitative estimate of drug-likeness (QED) is 0.327. The van der Waals surface area contributed by atoms with Gasteiger partial charge in [-0.1, -0.05) is 0 Å². The second kappa shape index (κ2) is 3.41. The Hall–Kier alpha value is -0.240. The van der Waals surface area contributed by atoms with Gasteiger partial charge in [-0.2, -0.15) is 0 Å². The Morgan fingerprint density at radius 2 is 1.71 bits per heavy atom. The van der Waals surface area contributed by atoms with Crippen molar-refractivity contribution in [1.29, 1.82) is 0 Å². The first kappa shape index (κ1) is 11.8. The SMILES string of the molecule is CC1(O)O[C@H](CO)[C@@H](O)[C@H](O)[C@]1(C)O. The van der Waals surface area contributed by atoms with Crippen LogP contribution in [0.2, 0.25) is 0 Å². The van der Waals surface area contributed by atoms with E-state index in [2.05, 4.69) is 0 Å². The standard InChI is InChI=1S/C8H16O6/c1-7(12)6(11)5(10)4(3-9)14-8(7,2)13/h4-6,9-13H,3H2,1-2H3/t4-,5-,6+,7+,8?/m1/s1. The Kier molecular flexibility index (Phi) is 2.88. The predicted molar refractivity (Wildman–Crippen MR) is 45.2 cm³/mol. The number of hydrogen-bond donors (Lipinski definition) is 5. The highest BCUT2D eigenvalue weighted by Gasteiger charge is 2.58. The van der Waals surface area contributed by atoms with E-state index in [-0.39, 0.29) is 0 Å².